The summed E-state index contributed by atoms with van der Waals surface area (Å²) in [6.07, 6.45) is -10.4. The molecule has 23 heavy (non-hydrogen) atoms. The minimum absolute atomic E-state index is 0.00281. The Morgan fingerprint density at radius 2 is 1.48 bits per heavy atom. The number of carbonyl (C=O) groups excluding carboxylic acids is 1. The van der Waals surface area contributed by atoms with Gasteiger partial charge in [-0.25, -0.2) is 13.1 Å². The zero-order chi connectivity index (χ0) is 18.1. The van der Waals surface area contributed by atoms with Crippen LogP contribution in [0.5, 0.6) is 0 Å². The third-order valence-corrected chi connectivity index (χ3v) is 4.03. The van der Waals surface area contributed by atoms with Crippen LogP contribution in [-0.2, 0) is 27.2 Å². The Morgan fingerprint density at radius 1 is 1.04 bits per heavy atom. The molecule has 0 aliphatic rings. The fourth-order valence-electron chi connectivity index (χ4n) is 1.47. The molecule has 1 aromatic rings. The van der Waals surface area contributed by atoms with E-state index in [2.05, 4.69) is 0 Å². The molecule has 0 aliphatic heterocycles. The summed E-state index contributed by atoms with van der Waals surface area (Å²) in [7, 11) is -4.85. The summed E-state index contributed by atoms with van der Waals surface area (Å²) < 4.78 is 101. The minimum atomic E-state index is -5.20. The van der Waals surface area contributed by atoms with Gasteiger partial charge in [-0.1, -0.05) is 0 Å². The van der Waals surface area contributed by atoms with Gasteiger partial charge in [0.25, 0.3) is 0 Å². The number of hydrogen-bond donors (Lipinski definition) is 1. The van der Waals surface area contributed by atoms with Crippen molar-refractivity contribution in [3.8, 4) is 0 Å². The van der Waals surface area contributed by atoms with Gasteiger partial charge in [-0.15, -0.1) is 6.54 Å². The highest BCUT2D eigenvalue weighted by molar-refractivity contribution is 7.89. The molecule has 0 spiro atoms. The first-order valence-electron chi connectivity index (χ1n) is 5.73. The summed E-state index contributed by atoms with van der Waals surface area (Å²) in [5.74, 6) is 0. The first-order chi connectivity index (χ1) is 10.3. The van der Waals surface area contributed by atoms with E-state index in [1.807, 2.05) is 0 Å². The molecule has 12 heteroatoms. The number of nitrogens with one attached hydrogen (secondary N) is 2. The summed E-state index contributed by atoms with van der Waals surface area (Å²) >= 11 is 0. The fraction of sp³-hybridized carbons (Fsp3) is 0.364. The third kappa shape index (κ3) is 4.91. The maximum Gasteiger partial charge on any atom is 0.416 e. The lowest BCUT2D eigenvalue weighted by Gasteiger charge is -2.17. The molecular formula is C11H9F6N2O3S-. The monoisotopic (exact) mass is 363 g/mol. The van der Waals surface area contributed by atoms with Gasteiger partial charge < -0.3 is 10.5 Å². The summed E-state index contributed by atoms with van der Waals surface area (Å²) in [5, 5.41) is 0. The van der Waals surface area contributed by atoms with Crippen LogP contribution in [0.4, 0.5) is 26.3 Å². The maximum atomic E-state index is 12.7. The first-order valence-corrected chi connectivity index (χ1v) is 7.21. The second-order valence-electron chi connectivity index (χ2n) is 4.31. The molecule has 1 aromatic carbocycles. The number of rotatable bonds is 5. The molecule has 0 bridgehead atoms. The van der Waals surface area contributed by atoms with Crippen LogP contribution in [0.15, 0.2) is 23.1 Å². The van der Waals surface area contributed by atoms with Crippen LogP contribution in [0.3, 0.4) is 0 Å². The van der Waals surface area contributed by atoms with E-state index in [9.17, 15) is 39.6 Å². The van der Waals surface area contributed by atoms with E-state index in [0.29, 0.717) is 0 Å². The highest BCUT2D eigenvalue weighted by atomic mass is 32.2. The Kier molecular flexibility index (Phi) is 5.44. The minimum Gasteiger partial charge on any atom is -0.676 e. The molecule has 1 unspecified atom stereocenters. The van der Waals surface area contributed by atoms with Crippen LogP contribution in [0, 0.1) is 0 Å². The van der Waals surface area contributed by atoms with Crippen LogP contribution in [0.2, 0.25) is 0 Å². The maximum absolute atomic E-state index is 12.7. The van der Waals surface area contributed by atoms with Gasteiger partial charge in [0, 0.05) is 0 Å². The lowest BCUT2D eigenvalue weighted by Crippen LogP contribution is -2.37. The summed E-state index contributed by atoms with van der Waals surface area (Å²) in [6, 6.07) is -1.78. The van der Waals surface area contributed by atoms with Crippen LogP contribution in [-0.4, -0.2) is 27.3 Å². The summed E-state index contributed by atoms with van der Waals surface area (Å²) in [4.78, 5) is 9.18. The molecule has 0 aliphatic carbocycles. The van der Waals surface area contributed by atoms with Gasteiger partial charge in [-0.2, -0.15) is 26.3 Å². The van der Waals surface area contributed by atoms with E-state index in [1.165, 1.54) is 0 Å². The predicted octanol–water partition coefficient (Wildman–Crippen LogP) is 2.62. The summed E-state index contributed by atoms with van der Waals surface area (Å²) in [5.41, 5.74) is 3.26. The third-order valence-electron chi connectivity index (χ3n) is 2.56. The highest BCUT2D eigenvalue weighted by Gasteiger charge is 2.38. The van der Waals surface area contributed by atoms with Crippen molar-refractivity contribution in [2.75, 3.05) is 6.54 Å². The van der Waals surface area contributed by atoms with Crippen molar-refractivity contribution >= 4 is 16.3 Å². The molecule has 0 aromatic heterocycles. The molecule has 0 saturated carbocycles. The van der Waals surface area contributed by atoms with Crippen molar-refractivity contribution in [1.29, 1.82) is 0 Å². The predicted molar refractivity (Wildman–Crippen MR) is 65.8 cm³/mol. The fourth-order valence-corrected chi connectivity index (χ4v) is 2.70. The van der Waals surface area contributed by atoms with E-state index in [4.69, 9.17) is 5.73 Å². The molecule has 1 atom stereocenters. The SMILES string of the molecule is [NH-]CC(C=O)NS(=O)(=O)c1cc(C(F)(F)F)cc(C(F)(F)F)c1. The van der Waals surface area contributed by atoms with Crippen LogP contribution in [0.25, 0.3) is 5.73 Å². The van der Waals surface area contributed by atoms with E-state index in [0.717, 1.165) is 0 Å². The molecule has 0 saturated heterocycles. The number of alkyl halides is 6. The number of sulfonamides is 1. The number of halogens is 6. The van der Waals surface area contributed by atoms with E-state index >= 15 is 0 Å². The van der Waals surface area contributed by atoms with Crippen LogP contribution in [0.1, 0.15) is 11.1 Å². The van der Waals surface area contributed by atoms with E-state index < -0.39 is 51.0 Å². The summed E-state index contributed by atoms with van der Waals surface area (Å²) in [6.45, 7) is -0.770. The second-order valence-corrected chi connectivity index (χ2v) is 6.02. The average molecular weight is 363 g/mol. The topological polar surface area (TPSA) is 87.0 Å². The molecule has 0 amide bonds. The van der Waals surface area contributed by atoms with Crippen molar-refractivity contribution in [2.24, 2.45) is 0 Å². The van der Waals surface area contributed by atoms with Crippen molar-refractivity contribution in [3.05, 3.63) is 35.1 Å². The number of aldehydes is 1. The molecule has 130 valence electrons. The molecule has 1 rings (SSSR count). The van der Waals surface area contributed by atoms with Crippen LogP contribution < -0.4 is 4.72 Å². The first kappa shape index (κ1) is 19.4. The van der Waals surface area contributed by atoms with Crippen molar-refractivity contribution in [3.63, 3.8) is 0 Å². The molecule has 0 fully saturated rings. The van der Waals surface area contributed by atoms with Crippen molar-refractivity contribution in [1.82, 2.24) is 4.72 Å². The lowest BCUT2D eigenvalue weighted by atomic mass is 10.1. The van der Waals surface area contributed by atoms with Crippen molar-refractivity contribution in [2.45, 2.75) is 23.3 Å². The molecule has 5 nitrogen and oxygen atoms in total. The largest absolute Gasteiger partial charge is 0.676 e. The Hall–Kier alpha value is -1.66. The molecular weight excluding hydrogens is 354 g/mol. The Balaban J connectivity index is 3.49. The average Bonchev–Trinajstić information content (AvgIpc) is 2.42. The Bertz CT molecular complexity index is 652. The molecule has 2 N–H and O–H groups in total. The zero-order valence-corrected chi connectivity index (χ0v) is 11.8. The molecule has 0 radical (unpaired) electrons. The quantitative estimate of drug-likeness (QED) is 0.644. The normalized spacial score (nSPS) is 14.6. The van der Waals surface area contributed by atoms with Gasteiger partial charge in [-0.05, 0) is 18.2 Å². The van der Waals surface area contributed by atoms with Gasteiger partial charge in [0.15, 0.2) is 0 Å². The van der Waals surface area contributed by atoms with Gasteiger partial charge in [-0.3, -0.25) is 0 Å². The van der Waals surface area contributed by atoms with Gasteiger partial charge in [0.1, 0.15) is 6.29 Å². The van der Waals surface area contributed by atoms with Crippen LogP contribution >= 0.6 is 0 Å². The second kappa shape index (κ2) is 6.45. The Morgan fingerprint density at radius 3 is 1.78 bits per heavy atom. The molecule has 0 heterocycles. The number of benzene rings is 1. The van der Waals surface area contributed by atoms with Gasteiger partial charge >= 0.3 is 12.4 Å². The standard InChI is InChI=1S/C11H9F6N2O3S/c12-10(13,14)6-1-7(11(15,16)17)3-9(2-6)23(21,22)19-8(4-18)5-20/h1-3,5,8,18-19H,4H2/q-1. The zero-order valence-electron chi connectivity index (χ0n) is 11.0. The van der Waals surface area contributed by atoms with Gasteiger partial charge in [0.05, 0.1) is 22.1 Å². The van der Waals surface area contributed by atoms with Crippen molar-refractivity contribution < 1.29 is 39.6 Å². The highest BCUT2D eigenvalue weighted by Crippen LogP contribution is 2.37. The van der Waals surface area contributed by atoms with E-state index in [1.54, 1.807) is 4.72 Å². The van der Waals surface area contributed by atoms with Gasteiger partial charge in [0.2, 0.25) is 10.0 Å². The van der Waals surface area contributed by atoms with E-state index in [-0.39, 0.29) is 24.5 Å². The number of hydrogen-bond acceptors (Lipinski definition) is 3. The smallest absolute Gasteiger partial charge is 0.416 e. The number of carbonyl (C=O) groups is 1. The lowest BCUT2D eigenvalue weighted by molar-refractivity contribution is -0.143. The Labute approximate surface area is 126 Å².